The van der Waals surface area contributed by atoms with Crippen molar-refractivity contribution in [1.29, 1.82) is 0 Å². The summed E-state index contributed by atoms with van der Waals surface area (Å²) >= 11 is 0. The van der Waals surface area contributed by atoms with Crippen molar-refractivity contribution in [3.05, 3.63) is 47.3 Å². The highest BCUT2D eigenvalue weighted by Crippen LogP contribution is 2.39. The first kappa shape index (κ1) is 15.7. The average molecular weight is 334 g/mol. The van der Waals surface area contributed by atoms with Gasteiger partial charge in [-0.1, -0.05) is 12.1 Å². The van der Waals surface area contributed by atoms with Gasteiger partial charge in [-0.05, 0) is 43.5 Å². The molecule has 1 aromatic carbocycles. The summed E-state index contributed by atoms with van der Waals surface area (Å²) in [7, 11) is -3.71. The van der Waals surface area contributed by atoms with Crippen molar-refractivity contribution >= 4 is 15.9 Å². The molecule has 2 aromatic rings. The Morgan fingerprint density at radius 2 is 2.00 bits per heavy atom. The minimum atomic E-state index is -3.71. The van der Waals surface area contributed by atoms with Gasteiger partial charge in [0, 0.05) is 11.6 Å². The maximum atomic E-state index is 12.2. The van der Waals surface area contributed by atoms with E-state index in [1.165, 1.54) is 12.1 Å². The van der Waals surface area contributed by atoms with E-state index in [0.29, 0.717) is 11.6 Å². The Kier molecular flexibility index (Phi) is 3.95. The normalized spacial score (nSPS) is 16.1. The minimum absolute atomic E-state index is 0.0427. The lowest BCUT2D eigenvalue weighted by Gasteiger charge is -2.13. The van der Waals surface area contributed by atoms with Crippen LogP contribution in [0.15, 0.2) is 35.2 Å². The molecule has 1 amide bonds. The Balaban J connectivity index is 1.67. The van der Waals surface area contributed by atoms with Gasteiger partial charge >= 0.3 is 0 Å². The van der Waals surface area contributed by atoms with Crippen molar-refractivity contribution in [2.45, 2.75) is 36.6 Å². The molecule has 0 spiro atoms. The Hall–Kier alpha value is -2.19. The second kappa shape index (κ2) is 5.78. The van der Waals surface area contributed by atoms with Gasteiger partial charge in [0.05, 0.1) is 10.9 Å². The fourth-order valence-electron chi connectivity index (χ4n) is 2.36. The minimum Gasteiger partial charge on any atom is -0.344 e. The molecule has 1 fully saturated rings. The van der Waals surface area contributed by atoms with Crippen LogP contribution < -0.4 is 10.5 Å². The molecule has 0 aliphatic heterocycles. The van der Waals surface area contributed by atoms with Crippen LogP contribution in [0, 0.1) is 0 Å². The zero-order valence-corrected chi connectivity index (χ0v) is 13.4. The summed E-state index contributed by atoms with van der Waals surface area (Å²) in [5.41, 5.74) is 2.14. The molecule has 7 nitrogen and oxygen atoms in total. The van der Waals surface area contributed by atoms with E-state index >= 15 is 0 Å². The Labute approximate surface area is 134 Å². The molecule has 1 atom stereocenters. The first-order valence-corrected chi connectivity index (χ1v) is 8.88. The van der Waals surface area contributed by atoms with Crippen molar-refractivity contribution in [2.75, 3.05) is 0 Å². The molecular weight excluding hydrogens is 316 g/mol. The number of nitrogens with zero attached hydrogens (tertiary/aromatic N) is 1. The van der Waals surface area contributed by atoms with Gasteiger partial charge in [0.25, 0.3) is 5.91 Å². The van der Waals surface area contributed by atoms with Crippen molar-refractivity contribution in [1.82, 2.24) is 15.5 Å². The monoisotopic (exact) mass is 334 g/mol. The highest BCUT2D eigenvalue weighted by molar-refractivity contribution is 7.89. The van der Waals surface area contributed by atoms with Crippen LogP contribution in [0.1, 0.15) is 53.5 Å². The largest absolute Gasteiger partial charge is 0.344 e. The number of carbonyl (C=O) groups is 1. The number of hydrogen-bond donors (Lipinski definition) is 3. The van der Waals surface area contributed by atoms with E-state index in [-0.39, 0.29) is 16.8 Å². The molecule has 23 heavy (non-hydrogen) atoms. The van der Waals surface area contributed by atoms with Crippen LogP contribution in [0.4, 0.5) is 0 Å². The quantitative estimate of drug-likeness (QED) is 0.766. The molecular formula is C15H18N4O3S. The van der Waals surface area contributed by atoms with Crippen LogP contribution >= 0.6 is 0 Å². The second-order valence-corrected chi connectivity index (χ2v) is 7.35. The number of sulfonamides is 1. The third-order valence-corrected chi connectivity index (χ3v) is 4.83. The van der Waals surface area contributed by atoms with Gasteiger partial charge in [-0.15, -0.1) is 0 Å². The molecule has 1 unspecified atom stereocenters. The fraction of sp³-hybridized carbons (Fsp3) is 0.333. The number of nitrogens with two attached hydrogens (primary N) is 1. The number of carbonyl (C=O) groups excluding carboxylic acids is 1. The summed E-state index contributed by atoms with van der Waals surface area (Å²) in [4.78, 5) is 12.2. The summed E-state index contributed by atoms with van der Waals surface area (Å²) in [5.74, 6) is 0.239. The van der Waals surface area contributed by atoms with E-state index in [4.69, 9.17) is 5.14 Å². The van der Waals surface area contributed by atoms with Crippen LogP contribution in [0.5, 0.6) is 0 Å². The van der Waals surface area contributed by atoms with Crippen LogP contribution in [-0.4, -0.2) is 24.5 Å². The summed E-state index contributed by atoms with van der Waals surface area (Å²) in [5, 5.41) is 14.8. The number of H-pyrrole nitrogens is 1. The lowest BCUT2D eigenvalue weighted by molar-refractivity contribution is 0.0935. The van der Waals surface area contributed by atoms with Gasteiger partial charge in [0.1, 0.15) is 5.69 Å². The molecule has 1 aromatic heterocycles. The lowest BCUT2D eigenvalue weighted by Crippen LogP contribution is -2.27. The highest BCUT2D eigenvalue weighted by Gasteiger charge is 2.26. The molecule has 1 heterocycles. The van der Waals surface area contributed by atoms with Gasteiger partial charge in [-0.3, -0.25) is 9.89 Å². The van der Waals surface area contributed by atoms with E-state index < -0.39 is 10.0 Å². The number of aromatic amines is 1. The predicted octanol–water partition coefficient (Wildman–Crippen LogP) is 1.43. The summed E-state index contributed by atoms with van der Waals surface area (Å²) in [6.07, 6.45) is 2.27. The predicted molar refractivity (Wildman–Crippen MR) is 84.3 cm³/mol. The molecule has 1 aliphatic rings. The summed E-state index contributed by atoms with van der Waals surface area (Å²) in [6.45, 7) is 1.82. The number of primary sulfonamides is 1. The number of aromatic nitrogens is 2. The van der Waals surface area contributed by atoms with Gasteiger partial charge < -0.3 is 5.32 Å². The van der Waals surface area contributed by atoms with Crippen LogP contribution in [0.3, 0.4) is 0 Å². The second-order valence-electron chi connectivity index (χ2n) is 5.79. The van der Waals surface area contributed by atoms with Crippen molar-refractivity contribution in [2.24, 2.45) is 5.14 Å². The standard InChI is InChI=1S/C15H18N4O3S/c1-9(10-4-6-12(7-5-10)23(16,21)22)17-15(20)14-8-13(18-19-14)11-2-3-11/h4-9,11H,2-3H2,1H3,(H,17,20)(H,18,19)(H2,16,21,22). The van der Waals surface area contributed by atoms with Gasteiger partial charge in [0.2, 0.25) is 10.0 Å². The van der Waals surface area contributed by atoms with Crippen LogP contribution in [-0.2, 0) is 10.0 Å². The molecule has 0 bridgehead atoms. The van der Waals surface area contributed by atoms with E-state index in [1.54, 1.807) is 18.2 Å². The maximum absolute atomic E-state index is 12.2. The van der Waals surface area contributed by atoms with Gasteiger partial charge in [0.15, 0.2) is 0 Å². The SMILES string of the molecule is CC(NC(=O)c1cc(C2CC2)[nH]n1)c1ccc(S(N)(=O)=O)cc1. The van der Waals surface area contributed by atoms with Gasteiger partial charge in [-0.2, -0.15) is 5.10 Å². The van der Waals surface area contributed by atoms with Crippen LogP contribution in [0.25, 0.3) is 0 Å². The molecule has 1 aliphatic carbocycles. The molecule has 0 radical (unpaired) electrons. The average Bonchev–Trinajstić information content (AvgIpc) is 3.23. The van der Waals surface area contributed by atoms with Crippen LogP contribution in [0.2, 0.25) is 0 Å². The van der Waals surface area contributed by atoms with E-state index in [0.717, 1.165) is 24.1 Å². The Morgan fingerprint density at radius 1 is 1.35 bits per heavy atom. The third kappa shape index (κ3) is 3.59. The number of amides is 1. The number of nitrogens with one attached hydrogen (secondary N) is 2. The molecule has 122 valence electrons. The smallest absolute Gasteiger partial charge is 0.272 e. The maximum Gasteiger partial charge on any atom is 0.272 e. The van der Waals surface area contributed by atoms with E-state index in [9.17, 15) is 13.2 Å². The highest BCUT2D eigenvalue weighted by atomic mass is 32.2. The topological polar surface area (TPSA) is 118 Å². The van der Waals surface area contributed by atoms with Gasteiger partial charge in [-0.25, -0.2) is 13.6 Å². The van der Waals surface area contributed by atoms with E-state index in [1.807, 2.05) is 6.92 Å². The van der Waals surface area contributed by atoms with Crippen molar-refractivity contribution in [3.8, 4) is 0 Å². The van der Waals surface area contributed by atoms with Crippen molar-refractivity contribution < 1.29 is 13.2 Å². The fourth-order valence-corrected chi connectivity index (χ4v) is 2.87. The number of rotatable bonds is 5. The first-order valence-electron chi connectivity index (χ1n) is 7.33. The summed E-state index contributed by atoms with van der Waals surface area (Å²) < 4.78 is 22.5. The Morgan fingerprint density at radius 3 is 2.57 bits per heavy atom. The number of benzene rings is 1. The summed E-state index contributed by atoms with van der Waals surface area (Å²) in [6, 6.07) is 7.61. The molecule has 3 rings (SSSR count). The molecule has 8 heteroatoms. The van der Waals surface area contributed by atoms with E-state index in [2.05, 4.69) is 15.5 Å². The molecule has 0 saturated heterocycles. The number of hydrogen-bond acceptors (Lipinski definition) is 4. The molecule has 1 saturated carbocycles. The molecule has 4 N–H and O–H groups in total. The zero-order valence-electron chi connectivity index (χ0n) is 12.6. The zero-order chi connectivity index (χ0) is 16.6. The lowest BCUT2D eigenvalue weighted by atomic mass is 10.1. The first-order chi connectivity index (χ1) is 10.8. The van der Waals surface area contributed by atoms with Crippen molar-refractivity contribution in [3.63, 3.8) is 0 Å². The third-order valence-electron chi connectivity index (χ3n) is 3.90. The Bertz CT molecular complexity index is 823.